The first-order valence-corrected chi connectivity index (χ1v) is 6.38. The molecule has 0 aromatic heterocycles. The molecule has 20 heavy (non-hydrogen) atoms. The minimum absolute atomic E-state index is 0.214. The summed E-state index contributed by atoms with van der Waals surface area (Å²) in [6, 6.07) is 14.0. The van der Waals surface area contributed by atoms with Crippen molar-refractivity contribution in [1.29, 1.82) is 0 Å². The first-order chi connectivity index (χ1) is 9.66. The number of hydrogen-bond acceptors (Lipinski definition) is 2. The molecule has 0 aliphatic rings. The quantitative estimate of drug-likeness (QED) is 0.868. The Bertz CT molecular complexity index is 626. The average Bonchev–Trinajstić information content (AvgIpc) is 2.44. The third kappa shape index (κ3) is 3.84. The largest absolute Gasteiger partial charge is 0.481 e. The fourth-order valence-corrected chi connectivity index (χ4v) is 1.75. The smallest absolute Gasteiger partial charge is 0.149 e. The number of nitrogens with two attached hydrogens (primary N) is 1. The summed E-state index contributed by atoms with van der Waals surface area (Å²) in [5.41, 5.74) is 7.05. The van der Waals surface area contributed by atoms with Crippen molar-refractivity contribution in [2.45, 2.75) is 13.0 Å². The first kappa shape index (κ1) is 14.1. The molecule has 0 saturated carbocycles. The van der Waals surface area contributed by atoms with Crippen molar-refractivity contribution in [1.82, 2.24) is 0 Å². The van der Waals surface area contributed by atoms with Gasteiger partial charge >= 0.3 is 0 Å². The van der Waals surface area contributed by atoms with Gasteiger partial charge in [0.1, 0.15) is 18.2 Å². The predicted octanol–water partition coefficient (Wildman–Crippen LogP) is 3.28. The van der Waals surface area contributed by atoms with Gasteiger partial charge in [-0.1, -0.05) is 36.1 Å². The molecule has 2 aromatic carbocycles. The molecule has 1 atom stereocenters. The summed E-state index contributed by atoms with van der Waals surface area (Å²) in [5, 5.41) is 0. The number of benzene rings is 2. The van der Waals surface area contributed by atoms with Crippen LogP contribution in [0.15, 0.2) is 48.5 Å². The topological polar surface area (TPSA) is 35.2 Å². The van der Waals surface area contributed by atoms with Gasteiger partial charge < -0.3 is 10.5 Å². The normalized spacial score (nSPS) is 11.3. The lowest BCUT2D eigenvalue weighted by molar-refractivity contribution is 0.367. The number of rotatable bonds is 3. The Balaban J connectivity index is 1.95. The highest BCUT2D eigenvalue weighted by molar-refractivity contribution is 5.34. The van der Waals surface area contributed by atoms with Crippen molar-refractivity contribution >= 4 is 0 Å². The maximum absolute atomic E-state index is 13.7. The highest BCUT2D eigenvalue weighted by atomic mass is 19.1. The minimum atomic E-state index is -0.353. The van der Waals surface area contributed by atoms with E-state index in [0.717, 1.165) is 5.56 Å². The fraction of sp³-hybridized carbons (Fsp3) is 0.176. The second-order valence-electron chi connectivity index (χ2n) is 4.43. The molecule has 0 aliphatic carbocycles. The van der Waals surface area contributed by atoms with Gasteiger partial charge in [-0.15, -0.1) is 0 Å². The number of ether oxygens (including phenoxy) is 1. The zero-order chi connectivity index (χ0) is 14.4. The molecule has 2 N–H and O–H groups in total. The highest BCUT2D eigenvalue weighted by Crippen LogP contribution is 2.20. The lowest BCUT2D eigenvalue weighted by Gasteiger charge is -2.08. The molecule has 0 spiro atoms. The second-order valence-corrected chi connectivity index (χ2v) is 4.43. The summed E-state index contributed by atoms with van der Waals surface area (Å²) in [6.45, 7) is 1.95. The van der Waals surface area contributed by atoms with Crippen LogP contribution in [0.2, 0.25) is 0 Å². The Kier molecular flexibility index (Phi) is 4.75. The molecule has 0 radical (unpaired) electrons. The summed E-state index contributed by atoms with van der Waals surface area (Å²) in [6.07, 6.45) is 0. The van der Waals surface area contributed by atoms with E-state index in [1.807, 2.05) is 30.3 Å². The highest BCUT2D eigenvalue weighted by Gasteiger charge is 2.07. The monoisotopic (exact) mass is 269 g/mol. The maximum Gasteiger partial charge on any atom is 0.149 e. The Morgan fingerprint density at radius 1 is 1.20 bits per heavy atom. The third-order valence-electron chi connectivity index (χ3n) is 2.78. The van der Waals surface area contributed by atoms with E-state index in [2.05, 4.69) is 11.8 Å². The summed E-state index contributed by atoms with van der Waals surface area (Å²) < 4.78 is 19.1. The van der Waals surface area contributed by atoms with E-state index in [1.54, 1.807) is 19.1 Å². The number of halogens is 1. The van der Waals surface area contributed by atoms with Crippen LogP contribution >= 0.6 is 0 Å². The van der Waals surface area contributed by atoms with Crippen LogP contribution in [0.25, 0.3) is 0 Å². The molecule has 1 unspecified atom stereocenters. The Morgan fingerprint density at radius 3 is 2.60 bits per heavy atom. The summed E-state index contributed by atoms with van der Waals surface area (Å²) >= 11 is 0. The summed E-state index contributed by atoms with van der Waals surface area (Å²) in [5.74, 6) is 5.96. The predicted molar refractivity (Wildman–Crippen MR) is 77.8 cm³/mol. The molecular formula is C17H16FNO. The van der Waals surface area contributed by atoms with Gasteiger partial charge in [-0.2, -0.15) is 0 Å². The van der Waals surface area contributed by atoms with Crippen molar-refractivity contribution in [2.75, 3.05) is 6.61 Å². The SMILES string of the molecule is CC(N)c1ccc(OCC#Cc2ccccc2)cc1F. The van der Waals surface area contributed by atoms with Gasteiger partial charge in [0.05, 0.1) is 0 Å². The van der Waals surface area contributed by atoms with Gasteiger partial charge in [-0.05, 0) is 25.1 Å². The third-order valence-corrected chi connectivity index (χ3v) is 2.78. The van der Waals surface area contributed by atoms with Crippen LogP contribution in [0, 0.1) is 17.7 Å². The van der Waals surface area contributed by atoms with Crippen LogP contribution in [0.5, 0.6) is 5.75 Å². The van der Waals surface area contributed by atoms with Crippen LogP contribution in [0.1, 0.15) is 24.1 Å². The number of hydrogen-bond donors (Lipinski definition) is 1. The van der Waals surface area contributed by atoms with Crippen molar-refractivity contribution < 1.29 is 9.13 Å². The molecule has 0 aliphatic heterocycles. The van der Waals surface area contributed by atoms with E-state index in [0.29, 0.717) is 11.3 Å². The average molecular weight is 269 g/mol. The molecule has 102 valence electrons. The lowest BCUT2D eigenvalue weighted by Crippen LogP contribution is -2.07. The zero-order valence-electron chi connectivity index (χ0n) is 11.3. The molecule has 2 aromatic rings. The minimum Gasteiger partial charge on any atom is -0.481 e. The molecule has 0 fully saturated rings. The standard InChI is InChI=1S/C17H16FNO/c1-13(19)16-10-9-15(12-17(16)18)20-11-5-8-14-6-3-2-4-7-14/h2-4,6-7,9-10,12-13H,11,19H2,1H3. The van der Waals surface area contributed by atoms with E-state index in [1.165, 1.54) is 6.07 Å². The van der Waals surface area contributed by atoms with Gasteiger partial charge in [0, 0.05) is 23.2 Å². The second kappa shape index (κ2) is 6.74. The van der Waals surface area contributed by atoms with Gasteiger partial charge in [0.2, 0.25) is 0 Å². The van der Waals surface area contributed by atoms with Gasteiger partial charge in [-0.3, -0.25) is 0 Å². The molecule has 3 heteroatoms. The molecule has 0 bridgehead atoms. The van der Waals surface area contributed by atoms with Gasteiger partial charge in [-0.25, -0.2) is 4.39 Å². The van der Waals surface area contributed by atoms with Gasteiger partial charge in [0.25, 0.3) is 0 Å². The van der Waals surface area contributed by atoms with E-state index < -0.39 is 0 Å². The van der Waals surface area contributed by atoms with Gasteiger partial charge in [0.15, 0.2) is 0 Å². The van der Waals surface area contributed by atoms with E-state index in [4.69, 9.17) is 10.5 Å². The van der Waals surface area contributed by atoms with E-state index in [9.17, 15) is 4.39 Å². The van der Waals surface area contributed by atoms with Crippen molar-refractivity contribution in [3.05, 3.63) is 65.5 Å². The lowest BCUT2D eigenvalue weighted by atomic mass is 10.1. The molecular weight excluding hydrogens is 253 g/mol. The fourth-order valence-electron chi connectivity index (χ4n) is 1.75. The van der Waals surface area contributed by atoms with E-state index in [-0.39, 0.29) is 18.5 Å². The van der Waals surface area contributed by atoms with Crippen LogP contribution in [-0.4, -0.2) is 6.61 Å². The molecule has 0 heterocycles. The Hall–Kier alpha value is -2.31. The molecule has 0 saturated heterocycles. The van der Waals surface area contributed by atoms with Crippen LogP contribution in [0.3, 0.4) is 0 Å². The van der Waals surface area contributed by atoms with Crippen LogP contribution in [-0.2, 0) is 0 Å². The van der Waals surface area contributed by atoms with Crippen LogP contribution in [0.4, 0.5) is 4.39 Å². The Labute approximate surface area is 118 Å². The summed E-state index contributed by atoms with van der Waals surface area (Å²) in [4.78, 5) is 0. The zero-order valence-corrected chi connectivity index (χ0v) is 11.3. The Morgan fingerprint density at radius 2 is 1.95 bits per heavy atom. The molecule has 2 nitrogen and oxygen atoms in total. The van der Waals surface area contributed by atoms with E-state index >= 15 is 0 Å². The van der Waals surface area contributed by atoms with Crippen LogP contribution < -0.4 is 10.5 Å². The van der Waals surface area contributed by atoms with Crippen molar-refractivity contribution in [3.63, 3.8) is 0 Å². The maximum atomic E-state index is 13.7. The molecule has 2 rings (SSSR count). The molecule has 0 amide bonds. The first-order valence-electron chi connectivity index (χ1n) is 6.38. The summed E-state index contributed by atoms with van der Waals surface area (Å²) in [7, 11) is 0. The van der Waals surface area contributed by atoms with Crippen molar-refractivity contribution in [2.24, 2.45) is 5.73 Å². The van der Waals surface area contributed by atoms with Crippen molar-refractivity contribution in [3.8, 4) is 17.6 Å².